The molecule has 1 unspecified atom stereocenters. The van der Waals surface area contributed by atoms with Crippen molar-refractivity contribution in [1.82, 2.24) is 5.32 Å². The third-order valence-corrected chi connectivity index (χ3v) is 4.02. The van der Waals surface area contributed by atoms with E-state index in [1.54, 1.807) is 0 Å². The van der Waals surface area contributed by atoms with E-state index in [1.165, 1.54) is 38.5 Å². The van der Waals surface area contributed by atoms with Crippen LogP contribution in [0, 0.1) is 11.3 Å². The van der Waals surface area contributed by atoms with E-state index in [2.05, 4.69) is 33.0 Å². The van der Waals surface area contributed by atoms with Crippen molar-refractivity contribution < 1.29 is 0 Å². The van der Waals surface area contributed by atoms with E-state index < -0.39 is 0 Å². The summed E-state index contributed by atoms with van der Waals surface area (Å²) in [5.74, 6) is 0.943. The summed E-state index contributed by atoms with van der Waals surface area (Å²) in [7, 11) is 0. The molecule has 0 radical (unpaired) electrons. The fourth-order valence-electron chi connectivity index (χ4n) is 2.90. The van der Waals surface area contributed by atoms with Crippen LogP contribution in [0.15, 0.2) is 0 Å². The Morgan fingerprint density at radius 2 is 1.80 bits per heavy atom. The van der Waals surface area contributed by atoms with Gasteiger partial charge in [0.05, 0.1) is 0 Å². The van der Waals surface area contributed by atoms with Gasteiger partial charge < -0.3 is 5.32 Å². The molecule has 0 aromatic carbocycles. The molecule has 0 aromatic heterocycles. The molecule has 1 atom stereocenters. The van der Waals surface area contributed by atoms with Crippen molar-refractivity contribution >= 4 is 0 Å². The van der Waals surface area contributed by atoms with Crippen molar-refractivity contribution in [3.63, 3.8) is 0 Å². The van der Waals surface area contributed by atoms with Crippen LogP contribution in [0.5, 0.6) is 0 Å². The quantitative estimate of drug-likeness (QED) is 0.725. The fourth-order valence-corrected chi connectivity index (χ4v) is 2.90. The van der Waals surface area contributed by atoms with Crippen LogP contribution in [0.1, 0.15) is 66.2 Å². The molecule has 90 valence electrons. The van der Waals surface area contributed by atoms with Crippen LogP contribution in [0.3, 0.4) is 0 Å². The molecule has 1 aliphatic carbocycles. The number of nitrogens with one attached hydrogen (secondary N) is 1. The predicted octanol–water partition coefficient (Wildman–Crippen LogP) is 3.98. The Morgan fingerprint density at radius 3 is 2.27 bits per heavy atom. The minimum Gasteiger partial charge on any atom is -0.314 e. The highest BCUT2D eigenvalue weighted by atomic mass is 14.9. The van der Waals surface area contributed by atoms with Gasteiger partial charge in [0, 0.05) is 6.04 Å². The summed E-state index contributed by atoms with van der Waals surface area (Å²) in [6.07, 6.45) is 8.39. The van der Waals surface area contributed by atoms with Crippen LogP contribution >= 0.6 is 0 Å². The molecule has 0 aromatic rings. The Bertz CT molecular complexity index is 158. The first kappa shape index (κ1) is 13.0. The molecular formula is C14H29N. The first-order valence-corrected chi connectivity index (χ1v) is 6.82. The molecule has 1 N–H and O–H groups in total. The van der Waals surface area contributed by atoms with Gasteiger partial charge in [-0.3, -0.25) is 0 Å². The number of rotatable bonds is 5. The number of hydrogen-bond acceptors (Lipinski definition) is 1. The van der Waals surface area contributed by atoms with Gasteiger partial charge in [0.25, 0.3) is 0 Å². The maximum atomic E-state index is 3.68. The Morgan fingerprint density at radius 1 is 1.20 bits per heavy atom. The van der Waals surface area contributed by atoms with Crippen LogP contribution in [0.2, 0.25) is 0 Å². The standard InChI is InChI=1S/C14H29N/c1-5-7-13(15-6-2)12-8-10-14(3,4)11-9-12/h12-13,15H,5-11H2,1-4H3. The second-order valence-corrected chi connectivity index (χ2v) is 5.95. The van der Waals surface area contributed by atoms with Crippen LogP contribution in [0.25, 0.3) is 0 Å². The summed E-state index contributed by atoms with van der Waals surface area (Å²) in [4.78, 5) is 0. The van der Waals surface area contributed by atoms with E-state index in [0.717, 1.165) is 18.5 Å². The SMILES string of the molecule is CCCC(NCC)C1CCC(C)(C)CC1. The molecule has 1 rings (SSSR count). The average molecular weight is 211 g/mol. The smallest absolute Gasteiger partial charge is 0.00951 e. The summed E-state index contributed by atoms with van der Waals surface area (Å²) in [6, 6.07) is 0.788. The second-order valence-electron chi connectivity index (χ2n) is 5.95. The van der Waals surface area contributed by atoms with Gasteiger partial charge in [-0.2, -0.15) is 0 Å². The second kappa shape index (κ2) is 5.89. The highest BCUT2D eigenvalue weighted by Gasteiger charge is 2.30. The zero-order valence-corrected chi connectivity index (χ0v) is 11.1. The van der Waals surface area contributed by atoms with Crippen molar-refractivity contribution in [3.8, 4) is 0 Å². The van der Waals surface area contributed by atoms with Crippen LogP contribution in [0.4, 0.5) is 0 Å². The van der Waals surface area contributed by atoms with Crippen molar-refractivity contribution in [2.24, 2.45) is 11.3 Å². The van der Waals surface area contributed by atoms with Crippen molar-refractivity contribution in [2.45, 2.75) is 72.3 Å². The zero-order valence-electron chi connectivity index (χ0n) is 11.1. The Hall–Kier alpha value is -0.0400. The predicted molar refractivity (Wildman–Crippen MR) is 68.1 cm³/mol. The van der Waals surface area contributed by atoms with Crippen LogP contribution < -0.4 is 5.32 Å². The van der Waals surface area contributed by atoms with Crippen molar-refractivity contribution in [3.05, 3.63) is 0 Å². The summed E-state index contributed by atoms with van der Waals surface area (Å²) in [6.45, 7) is 10.5. The number of hydrogen-bond donors (Lipinski definition) is 1. The zero-order chi connectivity index (χ0) is 11.3. The molecule has 0 amide bonds. The Kier molecular flexibility index (Phi) is 5.11. The molecule has 1 aliphatic rings. The van der Waals surface area contributed by atoms with Gasteiger partial charge >= 0.3 is 0 Å². The van der Waals surface area contributed by atoms with E-state index in [4.69, 9.17) is 0 Å². The van der Waals surface area contributed by atoms with Crippen LogP contribution in [-0.4, -0.2) is 12.6 Å². The maximum absolute atomic E-state index is 3.68. The molecule has 1 saturated carbocycles. The van der Waals surface area contributed by atoms with E-state index in [0.29, 0.717) is 5.41 Å². The van der Waals surface area contributed by atoms with Crippen molar-refractivity contribution in [1.29, 1.82) is 0 Å². The first-order valence-electron chi connectivity index (χ1n) is 6.82. The largest absolute Gasteiger partial charge is 0.314 e. The summed E-state index contributed by atoms with van der Waals surface area (Å²) in [5.41, 5.74) is 0.611. The molecule has 1 fully saturated rings. The maximum Gasteiger partial charge on any atom is 0.00951 e. The molecular weight excluding hydrogens is 182 g/mol. The van der Waals surface area contributed by atoms with Gasteiger partial charge in [-0.15, -0.1) is 0 Å². The molecule has 0 aliphatic heterocycles. The van der Waals surface area contributed by atoms with Gasteiger partial charge in [0.15, 0.2) is 0 Å². The highest BCUT2D eigenvalue weighted by molar-refractivity contribution is 4.84. The van der Waals surface area contributed by atoms with Gasteiger partial charge in [-0.05, 0) is 50.0 Å². The Labute approximate surface area is 96.0 Å². The monoisotopic (exact) mass is 211 g/mol. The molecule has 0 spiro atoms. The lowest BCUT2D eigenvalue weighted by molar-refractivity contribution is 0.158. The lowest BCUT2D eigenvalue weighted by Gasteiger charge is -2.38. The molecule has 0 bridgehead atoms. The third kappa shape index (κ3) is 4.14. The summed E-state index contributed by atoms with van der Waals surface area (Å²) in [5, 5.41) is 3.68. The normalized spacial score (nSPS) is 24.0. The fraction of sp³-hybridized carbons (Fsp3) is 1.00. The summed E-state index contributed by atoms with van der Waals surface area (Å²) < 4.78 is 0. The summed E-state index contributed by atoms with van der Waals surface area (Å²) >= 11 is 0. The van der Waals surface area contributed by atoms with E-state index >= 15 is 0 Å². The Balaban J connectivity index is 2.41. The molecule has 1 heteroatoms. The average Bonchev–Trinajstić information content (AvgIpc) is 2.18. The lowest BCUT2D eigenvalue weighted by atomic mass is 9.70. The molecule has 0 saturated heterocycles. The molecule has 15 heavy (non-hydrogen) atoms. The lowest BCUT2D eigenvalue weighted by Crippen LogP contribution is -2.39. The van der Waals surface area contributed by atoms with E-state index in [-0.39, 0.29) is 0 Å². The molecule has 0 heterocycles. The van der Waals surface area contributed by atoms with E-state index in [9.17, 15) is 0 Å². The highest BCUT2D eigenvalue weighted by Crippen LogP contribution is 2.39. The first-order chi connectivity index (χ1) is 7.09. The van der Waals surface area contributed by atoms with Gasteiger partial charge in [0.2, 0.25) is 0 Å². The van der Waals surface area contributed by atoms with E-state index in [1.807, 2.05) is 0 Å². The molecule has 1 nitrogen and oxygen atoms in total. The topological polar surface area (TPSA) is 12.0 Å². The van der Waals surface area contributed by atoms with Crippen LogP contribution in [-0.2, 0) is 0 Å². The van der Waals surface area contributed by atoms with Gasteiger partial charge in [0.1, 0.15) is 0 Å². The van der Waals surface area contributed by atoms with Gasteiger partial charge in [-0.1, -0.05) is 34.1 Å². The van der Waals surface area contributed by atoms with Gasteiger partial charge in [-0.25, -0.2) is 0 Å². The van der Waals surface area contributed by atoms with Crippen molar-refractivity contribution in [2.75, 3.05) is 6.54 Å². The third-order valence-electron chi connectivity index (χ3n) is 4.02. The minimum atomic E-state index is 0.611. The minimum absolute atomic E-state index is 0.611.